The van der Waals surface area contributed by atoms with Crippen LogP contribution < -0.4 is 0 Å². The van der Waals surface area contributed by atoms with E-state index in [0.717, 1.165) is 0 Å². The third-order valence-electron chi connectivity index (χ3n) is 1.86. The van der Waals surface area contributed by atoms with Crippen molar-refractivity contribution in [1.82, 2.24) is 4.98 Å². The Kier molecular flexibility index (Phi) is 4.47. The molecule has 0 unspecified atom stereocenters. The first-order chi connectivity index (χ1) is 7.24. The molecule has 0 aromatic carbocycles. The lowest BCUT2D eigenvalue weighted by atomic mass is 10.1. The molecule has 0 aliphatic rings. The van der Waals surface area contributed by atoms with Crippen LogP contribution in [-0.4, -0.2) is 23.3 Å². The first-order valence-electron chi connectivity index (χ1n) is 4.83. The van der Waals surface area contributed by atoms with Gasteiger partial charge in [0.25, 0.3) is 0 Å². The highest BCUT2D eigenvalue weighted by Crippen LogP contribution is 2.04. The molecule has 0 fully saturated rings. The summed E-state index contributed by atoms with van der Waals surface area (Å²) >= 11 is 0. The number of hydrogen-bond acceptors (Lipinski definition) is 4. The van der Waals surface area contributed by atoms with Crippen molar-refractivity contribution in [2.75, 3.05) is 6.61 Å². The summed E-state index contributed by atoms with van der Waals surface area (Å²) in [6, 6.07) is 3.26. The molecule has 0 N–H and O–H groups in total. The quantitative estimate of drug-likeness (QED) is 0.543. The Morgan fingerprint density at radius 1 is 1.27 bits per heavy atom. The minimum Gasteiger partial charge on any atom is -0.466 e. The van der Waals surface area contributed by atoms with Crippen molar-refractivity contribution in [3.05, 3.63) is 30.1 Å². The first kappa shape index (κ1) is 11.4. The Morgan fingerprint density at radius 2 is 1.93 bits per heavy atom. The average Bonchev–Trinajstić information content (AvgIpc) is 2.27. The van der Waals surface area contributed by atoms with Crippen molar-refractivity contribution in [2.45, 2.75) is 19.8 Å². The number of Topliss-reactive ketones (excluding diaryl/α,β-unsaturated/α-hetero) is 1. The zero-order valence-electron chi connectivity index (χ0n) is 8.60. The van der Waals surface area contributed by atoms with Crippen LogP contribution in [0.25, 0.3) is 0 Å². The predicted octanol–water partition coefficient (Wildman–Crippen LogP) is 1.61. The van der Waals surface area contributed by atoms with Gasteiger partial charge in [-0.3, -0.25) is 14.6 Å². The summed E-state index contributed by atoms with van der Waals surface area (Å²) in [5, 5.41) is 0. The van der Waals surface area contributed by atoms with Crippen LogP contribution in [0.5, 0.6) is 0 Å². The standard InChI is InChI=1S/C11H13NO3/c1-2-15-11(14)4-3-10(13)9-5-7-12-8-6-9/h5-8H,2-4H2,1H3. The monoisotopic (exact) mass is 207 g/mol. The summed E-state index contributed by atoms with van der Waals surface area (Å²) in [5.41, 5.74) is 0.578. The molecule has 0 saturated heterocycles. The number of carbonyl (C=O) groups is 2. The van der Waals surface area contributed by atoms with Gasteiger partial charge in [0.2, 0.25) is 0 Å². The molecule has 4 heteroatoms. The van der Waals surface area contributed by atoms with E-state index in [0.29, 0.717) is 12.2 Å². The van der Waals surface area contributed by atoms with Gasteiger partial charge in [-0.2, -0.15) is 0 Å². The van der Waals surface area contributed by atoms with Crippen molar-refractivity contribution in [3.63, 3.8) is 0 Å². The van der Waals surface area contributed by atoms with Gasteiger partial charge in [-0.1, -0.05) is 0 Å². The number of aromatic nitrogens is 1. The lowest BCUT2D eigenvalue weighted by Crippen LogP contribution is -2.07. The first-order valence-corrected chi connectivity index (χ1v) is 4.83. The van der Waals surface area contributed by atoms with E-state index in [1.165, 1.54) is 0 Å². The van der Waals surface area contributed by atoms with Gasteiger partial charge in [0, 0.05) is 24.4 Å². The number of esters is 1. The SMILES string of the molecule is CCOC(=O)CCC(=O)c1ccncc1. The maximum Gasteiger partial charge on any atom is 0.306 e. The Morgan fingerprint density at radius 3 is 2.53 bits per heavy atom. The molecule has 0 atom stereocenters. The number of carbonyl (C=O) groups excluding carboxylic acids is 2. The second-order valence-corrected chi connectivity index (χ2v) is 2.96. The molecule has 0 aliphatic carbocycles. The molecule has 1 rings (SSSR count). The summed E-state index contributed by atoms with van der Waals surface area (Å²) in [4.78, 5) is 26.3. The van der Waals surface area contributed by atoms with E-state index in [-0.39, 0.29) is 24.6 Å². The topological polar surface area (TPSA) is 56.3 Å². The third-order valence-corrected chi connectivity index (χ3v) is 1.86. The minimum atomic E-state index is -0.333. The molecular weight excluding hydrogens is 194 g/mol. The van der Waals surface area contributed by atoms with Crippen LogP contribution in [0.3, 0.4) is 0 Å². The van der Waals surface area contributed by atoms with Gasteiger partial charge in [-0.15, -0.1) is 0 Å². The predicted molar refractivity (Wildman–Crippen MR) is 54.4 cm³/mol. The van der Waals surface area contributed by atoms with Crippen molar-refractivity contribution in [1.29, 1.82) is 0 Å². The molecule has 0 bridgehead atoms. The van der Waals surface area contributed by atoms with Gasteiger partial charge in [0.1, 0.15) is 0 Å². The fourth-order valence-corrected chi connectivity index (χ4v) is 1.13. The molecule has 0 radical (unpaired) electrons. The van der Waals surface area contributed by atoms with E-state index < -0.39 is 0 Å². The third kappa shape index (κ3) is 3.89. The van der Waals surface area contributed by atoms with Crippen LogP contribution in [0.15, 0.2) is 24.5 Å². The van der Waals surface area contributed by atoms with Crippen LogP contribution in [0.4, 0.5) is 0 Å². The maximum absolute atomic E-state index is 11.5. The van der Waals surface area contributed by atoms with Gasteiger partial charge < -0.3 is 4.74 Å². The Hall–Kier alpha value is -1.71. The van der Waals surface area contributed by atoms with E-state index in [4.69, 9.17) is 4.74 Å². The number of ether oxygens (including phenoxy) is 1. The van der Waals surface area contributed by atoms with Crippen molar-refractivity contribution in [2.24, 2.45) is 0 Å². The van der Waals surface area contributed by atoms with Crippen LogP contribution in [0.1, 0.15) is 30.1 Å². The Balaban J connectivity index is 2.40. The average molecular weight is 207 g/mol. The zero-order valence-corrected chi connectivity index (χ0v) is 8.60. The van der Waals surface area contributed by atoms with Gasteiger partial charge in [-0.25, -0.2) is 0 Å². The summed E-state index contributed by atoms with van der Waals surface area (Å²) < 4.78 is 4.72. The molecule has 1 heterocycles. The van der Waals surface area contributed by atoms with E-state index in [2.05, 4.69) is 4.98 Å². The molecule has 0 spiro atoms. The smallest absolute Gasteiger partial charge is 0.306 e. The highest BCUT2D eigenvalue weighted by molar-refractivity contribution is 5.97. The van der Waals surface area contributed by atoms with Gasteiger partial charge in [0.15, 0.2) is 5.78 Å². The molecule has 4 nitrogen and oxygen atoms in total. The lowest BCUT2D eigenvalue weighted by molar-refractivity contribution is -0.143. The zero-order chi connectivity index (χ0) is 11.1. The Labute approximate surface area is 88.3 Å². The summed E-state index contributed by atoms with van der Waals surface area (Å²) in [5.74, 6) is -0.398. The van der Waals surface area contributed by atoms with Crippen LogP contribution in [0, 0.1) is 0 Å². The molecule has 1 aromatic heterocycles. The van der Waals surface area contributed by atoms with E-state index in [9.17, 15) is 9.59 Å². The second kappa shape index (κ2) is 5.90. The maximum atomic E-state index is 11.5. The summed E-state index contributed by atoms with van der Waals surface area (Å²) in [7, 11) is 0. The second-order valence-electron chi connectivity index (χ2n) is 2.96. The fourth-order valence-electron chi connectivity index (χ4n) is 1.13. The molecule has 80 valence electrons. The Bertz CT molecular complexity index is 335. The molecule has 1 aromatic rings. The van der Waals surface area contributed by atoms with E-state index in [1.54, 1.807) is 31.5 Å². The summed E-state index contributed by atoms with van der Waals surface area (Å²) in [6.45, 7) is 2.09. The highest BCUT2D eigenvalue weighted by atomic mass is 16.5. The van der Waals surface area contributed by atoms with Crippen LogP contribution >= 0.6 is 0 Å². The lowest BCUT2D eigenvalue weighted by Gasteiger charge is -2.01. The van der Waals surface area contributed by atoms with E-state index >= 15 is 0 Å². The number of nitrogens with zero attached hydrogens (tertiary/aromatic N) is 1. The van der Waals surface area contributed by atoms with Crippen molar-refractivity contribution < 1.29 is 14.3 Å². The number of ketones is 1. The van der Waals surface area contributed by atoms with Gasteiger partial charge in [-0.05, 0) is 19.1 Å². The van der Waals surface area contributed by atoms with Crippen molar-refractivity contribution >= 4 is 11.8 Å². The molecule has 0 saturated carbocycles. The minimum absolute atomic E-state index is 0.0644. The van der Waals surface area contributed by atoms with E-state index in [1.807, 2.05) is 0 Å². The number of rotatable bonds is 5. The number of hydrogen-bond donors (Lipinski definition) is 0. The van der Waals surface area contributed by atoms with Gasteiger partial charge >= 0.3 is 5.97 Å². The fraction of sp³-hybridized carbons (Fsp3) is 0.364. The van der Waals surface area contributed by atoms with Crippen molar-refractivity contribution in [3.8, 4) is 0 Å². The van der Waals surface area contributed by atoms with Gasteiger partial charge in [0.05, 0.1) is 13.0 Å². The van der Waals surface area contributed by atoms with Crippen LogP contribution in [-0.2, 0) is 9.53 Å². The summed E-state index contributed by atoms with van der Waals surface area (Å²) in [6.07, 6.45) is 3.42. The normalized spacial score (nSPS) is 9.67. The molecule has 0 amide bonds. The highest BCUT2D eigenvalue weighted by Gasteiger charge is 2.09. The molecule has 15 heavy (non-hydrogen) atoms. The molecular formula is C11H13NO3. The van der Waals surface area contributed by atoms with Crippen LogP contribution in [0.2, 0.25) is 0 Å². The molecule has 0 aliphatic heterocycles. The number of pyridine rings is 1. The largest absolute Gasteiger partial charge is 0.466 e.